The highest BCUT2D eigenvalue weighted by Crippen LogP contribution is 2.29. The molecule has 18 heavy (non-hydrogen) atoms. The Morgan fingerprint density at radius 2 is 2.17 bits per heavy atom. The van der Waals surface area contributed by atoms with E-state index in [9.17, 15) is 0 Å². The smallest absolute Gasteiger partial charge is 0.137 e. The fourth-order valence-electron chi connectivity index (χ4n) is 1.59. The summed E-state index contributed by atoms with van der Waals surface area (Å²) in [5, 5.41) is 3.34. The van der Waals surface area contributed by atoms with E-state index in [0.29, 0.717) is 0 Å². The van der Waals surface area contributed by atoms with Crippen molar-refractivity contribution in [1.82, 2.24) is 5.32 Å². The van der Waals surface area contributed by atoms with Crippen LogP contribution in [-0.4, -0.2) is 24.7 Å². The van der Waals surface area contributed by atoms with Crippen LogP contribution in [0.15, 0.2) is 22.7 Å². The second kappa shape index (κ2) is 9.70. The molecule has 0 saturated carbocycles. The zero-order valence-corrected chi connectivity index (χ0v) is 13.6. The zero-order valence-electron chi connectivity index (χ0n) is 11.2. The first kappa shape index (κ1) is 15.9. The lowest BCUT2D eigenvalue weighted by molar-refractivity contribution is 0.312. The van der Waals surface area contributed by atoms with E-state index in [4.69, 9.17) is 4.74 Å². The molecule has 0 aliphatic heterocycles. The van der Waals surface area contributed by atoms with Crippen LogP contribution in [0, 0.1) is 0 Å². The molecular weight excluding hydrogens is 310 g/mol. The summed E-state index contributed by atoms with van der Waals surface area (Å²) in [6.45, 7) is 6.91. The van der Waals surface area contributed by atoms with Crippen molar-refractivity contribution in [2.75, 3.05) is 24.7 Å². The van der Waals surface area contributed by atoms with Crippen molar-refractivity contribution in [3.05, 3.63) is 28.2 Å². The number of thioether (sulfide) groups is 1. The summed E-state index contributed by atoms with van der Waals surface area (Å²) in [6.07, 6.45) is 1.10. The number of nitrogens with one attached hydrogen (secondary N) is 1. The van der Waals surface area contributed by atoms with Crippen LogP contribution in [0.4, 0.5) is 0 Å². The number of ether oxygens (including phenoxy) is 1. The Hall–Kier alpha value is -0.190. The van der Waals surface area contributed by atoms with Crippen molar-refractivity contribution in [2.45, 2.75) is 26.8 Å². The van der Waals surface area contributed by atoms with Crippen molar-refractivity contribution in [3.63, 3.8) is 0 Å². The predicted molar refractivity (Wildman–Crippen MR) is 84.6 cm³/mol. The van der Waals surface area contributed by atoms with Crippen LogP contribution in [0.25, 0.3) is 0 Å². The SMILES string of the molecule is CCNCc1cccc(Br)c1OCCCSCC. The second-order valence-corrected chi connectivity index (χ2v) is 6.16. The minimum absolute atomic E-state index is 0.786. The Balaban J connectivity index is 2.50. The molecular formula is C14H22BrNOS. The molecule has 0 aliphatic carbocycles. The van der Waals surface area contributed by atoms with E-state index in [2.05, 4.69) is 47.2 Å². The fourth-order valence-corrected chi connectivity index (χ4v) is 2.73. The standard InChI is InChI=1S/C14H22BrNOS/c1-3-16-11-12-7-5-8-13(15)14(12)17-9-6-10-18-4-2/h5,7-8,16H,3-4,6,9-11H2,1-2H3. The van der Waals surface area contributed by atoms with Gasteiger partial charge in [0.15, 0.2) is 0 Å². The largest absolute Gasteiger partial charge is 0.492 e. The molecule has 0 aliphatic rings. The quantitative estimate of drug-likeness (QED) is 0.689. The molecule has 0 amide bonds. The molecule has 0 heterocycles. The minimum Gasteiger partial charge on any atom is -0.492 e. The summed E-state index contributed by atoms with van der Waals surface area (Å²) >= 11 is 5.53. The van der Waals surface area contributed by atoms with Crippen LogP contribution in [-0.2, 0) is 6.54 Å². The van der Waals surface area contributed by atoms with Crippen molar-refractivity contribution in [2.24, 2.45) is 0 Å². The van der Waals surface area contributed by atoms with Crippen molar-refractivity contribution in [3.8, 4) is 5.75 Å². The van der Waals surface area contributed by atoms with Gasteiger partial charge in [-0.1, -0.05) is 26.0 Å². The van der Waals surface area contributed by atoms with Crippen LogP contribution in [0.5, 0.6) is 5.75 Å². The van der Waals surface area contributed by atoms with Gasteiger partial charge in [-0.25, -0.2) is 0 Å². The first-order valence-electron chi connectivity index (χ1n) is 6.48. The highest BCUT2D eigenvalue weighted by Gasteiger charge is 2.07. The first-order chi connectivity index (χ1) is 8.79. The van der Waals surface area contributed by atoms with Gasteiger partial charge in [0.1, 0.15) is 5.75 Å². The molecule has 1 rings (SSSR count). The van der Waals surface area contributed by atoms with Crippen molar-refractivity contribution >= 4 is 27.7 Å². The van der Waals surface area contributed by atoms with E-state index < -0.39 is 0 Å². The third-order valence-electron chi connectivity index (χ3n) is 2.50. The Bertz CT molecular complexity index is 347. The maximum absolute atomic E-state index is 5.91. The molecule has 1 aromatic carbocycles. The lowest BCUT2D eigenvalue weighted by Gasteiger charge is -2.13. The maximum atomic E-state index is 5.91. The van der Waals surface area contributed by atoms with Gasteiger partial charge in [0.05, 0.1) is 11.1 Å². The molecule has 1 N–H and O–H groups in total. The van der Waals surface area contributed by atoms with Gasteiger partial charge in [-0.3, -0.25) is 0 Å². The van der Waals surface area contributed by atoms with Gasteiger partial charge in [0.25, 0.3) is 0 Å². The van der Waals surface area contributed by atoms with Crippen molar-refractivity contribution in [1.29, 1.82) is 0 Å². The molecule has 1 aromatic rings. The summed E-state index contributed by atoms with van der Waals surface area (Å²) in [5.74, 6) is 3.34. The van der Waals surface area contributed by atoms with E-state index in [1.807, 2.05) is 17.8 Å². The molecule has 102 valence electrons. The van der Waals surface area contributed by atoms with Gasteiger partial charge < -0.3 is 10.1 Å². The summed E-state index contributed by atoms with van der Waals surface area (Å²) in [6, 6.07) is 6.20. The summed E-state index contributed by atoms with van der Waals surface area (Å²) in [4.78, 5) is 0. The summed E-state index contributed by atoms with van der Waals surface area (Å²) in [7, 11) is 0. The van der Waals surface area contributed by atoms with E-state index in [0.717, 1.165) is 36.3 Å². The lowest BCUT2D eigenvalue weighted by Crippen LogP contribution is -2.13. The summed E-state index contributed by atoms with van der Waals surface area (Å²) < 4.78 is 6.95. The van der Waals surface area contributed by atoms with Gasteiger partial charge in [0, 0.05) is 12.1 Å². The number of hydrogen-bond donors (Lipinski definition) is 1. The molecule has 0 saturated heterocycles. The number of rotatable bonds is 9. The van der Waals surface area contributed by atoms with E-state index in [1.165, 1.54) is 17.1 Å². The van der Waals surface area contributed by atoms with Gasteiger partial charge in [-0.2, -0.15) is 11.8 Å². The molecule has 0 spiro atoms. The Morgan fingerprint density at radius 1 is 1.33 bits per heavy atom. The van der Waals surface area contributed by atoms with Gasteiger partial charge in [-0.15, -0.1) is 0 Å². The van der Waals surface area contributed by atoms with Crippen LogP contribution < -0.4 is 10.1 Å². The fraction of sp³-hybridized carbons (Fsp3) is 0.571. The van der Waals surface area contributed by atoms with E-state index in [-0.39, 0.29) is 0 Å². The molecule has 0 radical (unpaired) electrons. The Kier molecular flexibility index (Phi) is 8.55. The topological polar surface area (TPSA) is 21.3 Å². The van der Waals surface area contributed by atoms with Crippen LogP contribution in [0.3, 0.4) is 0 Å². The lowest BCUT2D eigenvalue weighted by atomic mass is 10.2. The molecule has 4 heteroatoms. The second-order valence-electron chi connectivity index (χ2n) is 3.91. The van der Waals surface area contributed by atoms with Gasteiger partial charge >= 0.3 is 0 Å². The monoisotopic (exact) mass is 331 g/mol. The van der Waals surface area contributed by atoms with Crippen LogP contribution >= 0.6 is 27.7 Å². The van der Waals surface area contributed by atoms with Gasteiger partial charge in [0.2, 0.25) is 0 Å². The number of para-hydroxylation sites is 1. The predicted octanol–water partition coefficient (Wildman–Crippen LogP) is 4.08. The zero-order chi connectivity index (χ0) is 13.2. The first-order valence-corrected chi connectivity index (χ1v) is 8.43. The number of hydrogen-bond acceptors (Lipinski definition) is 3. The minimum atomic E-state index is 0.786. The number of halogens is 1. The molecule has 2 nitrogen and oxygen atoms in total. The number of benzene rings is 1. The Labute approximate surface area is 123 Å². The average Bonchev–Trinajstić information content (AvgIpc) is 2.38. The normalized spacial score (nSPS) is 10.6. The summed E-state index contributed by atoms with van der Waals surface area (Å²) in [5.41, 5.74) is 1.22. The third-order valence-corrected chi connectivity index (χ3v) is 4.11. The maximum Gasteiger partial charge on any atom is 0.137 e. The van der Waals surface area contributed by atoms with E-state index in [1.54, 1.807) is 0 Å². The highest BCUT2D eigenvalue weighted by molar-refractivity contribution is 9.10. The van der Waals surface area contributed by atoms with Crippen LogP contribution in [0.1, 0.15) is 25.8 Å². The molecule has 0 atom stereocenters. The van der Waals surface area contributed by atoms with Gasteiger partial charge in [-0.05, 0) is 46.5 Å². The Morgan fingerprint density at radius 3 is 2.89 bits per heavy atom. The molecule has 0 aromatic heterocycles. The van der Waals surface area contributed by atoms with Crippen molar-refractivity contribution < 1.29 is 4.74 Å². The van der Waals surface area contributed by atoms with E-state index >= 15 is 0 Å². The molecule has 0 unspecified atom stereocenters. The molecule has 0 bridgehead atoms. The third kappa shape index (κ3) is 5.63. The highest BCUT2D eigenvalue weighted by atomic mass is 79.9. The van der Waals surface area contributed by atoms with Crippen LogP contribution in [0.2, 0.25) is 0 Å². The molecule has 0 fully saturated rings. The average molecular weight is 332 g/mol.